The van der Waals surface area contributed by atoms with E-state index in [0.29, 0.717) is 39.9 Å². The molecule has 2 amide bonds. The van der Waals surface area contributed by atoms with E-state index in [1.807, 2.05) is 61.5 Å². The zero-order valence-electron chi connectivity index (χ0n) is 16.6. The number of aromatic nitrogens is 3. The third-order valence-corrected chi connectivity index (χ3v) is 5.16. The largest absolute Gasteiger partial charge is 0.361 e. The van der Waals surface area contributed by atoms with Crippen molar-refractivity contribution in [3.8, 4) is 0 Å². The SMILES string of the molecule is CN(C)Cc1cnc2cccc(C3=C(c4c[nH]c5ccccc45)C(=O)NC3=O)c2n1. The van der Waals surface area contributed by atoms with Crippen molar-refractivity contribution in [1.29, 1.82) is 0 Å². The fraction of sp³-hybridized carbons (Fsp3) is 0.130. The van der Waals surface area contributed by atoms with E-state index in [0.717, 1.165) is 16.6 Å². The number of H-pyrrole nitrogens is 1. The molecular weight excluding hydrogens is 378 g/mol. The molecule has 0 aliphatic carbocycles. The van der Waals surface area contributed by atoms with Gasteiger partial charge in [-0.1, -0.05) is 30.3 Å². The van der Waals surface area contributed by atoms with Crippen LogP contribution in [-0.4, -0.2) is 45.8 Å². The number of nitrogens with one attached hydrogen (secondary N) is 2. The minimum atomic E-state index is -0.424. The van der Waals surface area contributed by atoms with Gasteiger partial charge in [-0.2, -0.15) is 0 Å². The van der Waals surface area contributed by atoms with Gasteiger partial charge >= 0.3 is 0 Å². The monoisotopic (exact) mass is 397 g/mol. The molecule has 5 rings (SSSR count). The Morgan fingerprint density at radius 3 is 2.50 bits per heavy atom. The Bertz CT molecular complexity index is 1370. The molecule has 4 aromatic rings. The van der Waals surface area contributed by atoms with Crippen LogP contribution in [0.1, 0.15) is 16.8 Å². The highest BCUT2D eigenvalue weighted by atomic mass is 16.2. The third-order valence-electron chi connectivity index (χ3n) is 5.16. The lowest BCUT2D eigenvalue weighted by atomic mass is 9.95. The number of carbonyl (C=O) groups excluding carboxylic acids is 2. The summed E-state index contributed by atoms with van der Waals surface area (Å²) in [6, 6.07) is 13.2. The maximum Gasteiger partial charge on any atom is 0.259 e. The Labute approximate surface area is 172 Å². The van der Waals surface area contributed by atoms with E-state index in [1.54, 1.807) is 12.4 Å². The minimum absolute atomic E-state index is 0.326. The second-order valence-electron chi connectivity index (χ2n) is 7.55. The van der Waals surface area contributed by atoms with Gasteiger partial charge in [-0.15, -0.1) is 0 Å². The van der Waals surface area contributed by atoms with Crippen molar-refractivity contribution in [2.45, 2.75) is 6.54 Å². The van der Waals surface area contributed by atoms with E-state index in [2.05, 4.69) is 15.3 Å². The number of nitrogens with zero attached hydrogens (tertiary/aromatic N) is 3. The first-order chi connectivity index (χ1) is 14.5. The highest BCUT2D eigenvalue weighted by Gasteiger charge is 2.34. The van der Waals surface area contributed by atoms with Gasteiger partial charge in [0.2, 0.25) is 0 Å². The number of para-hydroxylation sites is 2. The van der Waals surface area contributed by atoms with Crippen LogP contribution in [0.2, 0.25) is 0 Å². The minimum Gasteiger partial charge on any atom is -0.361 e. The predicted molar refractivity (Wildman–Crippen MR) is 115 cm³/mol. The molecule has 0 fully saturated rings. The summed E-state index contributed by atoms with van der Waals surface area (Å²) in [6.45, 7) is 0.622. The van der Waals surface area contributed by atoms with E-state index < -0.39 is 11.8 Å². The van der Waals surface area contributed by atoms with Crippen molar-refractivity contribution in [2.75, 3.05) is 14.1 Å². The zero-order chi connectivity index (χ0) is 20.8. The molecule has 1 aliphatic heterocycles. The molecular formula is C23H19N5O2. The maximum atomic E-state index is 12.9. The predicted octanol–water partition coefficient (Wildman–Crippen LogP) is 2.74. The molecule has 30 heavy (non-hydrogen) atoms. The summed E-state index contributed by atoms with van der Waals surface area (Å²) in [5, 5.41) is 3.34. The molecule has 0 saturated heterocycles. The number of rotatable bonds is 4. The fourth-order valence-corrected chi connectivity index (χ4v) is 3.92. The summed E-state index contributed by atoms with van der Waals surface area (Å²) in [6.07, 6.45) is 3.51. The van der Waals surface area contributed by atoms with Gasteiger partial charge in [0.1, 0.15) is 0 Å². The number of amides is 2. The number of carbonyl (C=O) groups is 2. The van der Waals surface area contributed by atoms with Crippen molar-refractivity contribution < 1.29 is 9.59 Å². The van der Waals surface area contributed by atoms with Gasteiger partial charge in [0.25, 0.3) is 11.8 Å². The molecule has 2 aromatic heterocycles. The lowest BCUT2D eigenvalue weighted by Crippen LogP contribution is -2.22. The van der Waals surface area contributed by atoms with Crippen LogP contribution in [0.4, 0.5) is 0 Å². The first-order valence-electron chi connectivity index (χ1n) is 9.59. The van der Waals surface area contributed by atoms with Crippen LogP contribution in [0.15, 0.2) is 54.9 Å². The van der Waals surface area contributed by atoms with E-state index in [-0.39, 0.29) is 0 Å². The lowest BCUT2D eigenvalue weighted by Gasteiger charge is -2.11. The molecule has 2 aromatic carbocycles. The Balaban J connectivity index is 1.79. The third kappa shape index (κ3) is 2.87. The number of aromatic amines is 1. The fourth-order valence-electron chi connectivity index (χ4n) is 3.92. The quantitative estimate of drug-likeness (QED) is 0.517. The lowest BCUT2D eigenvalue weighted by molar-refractivity contribution is -0.122. The van der Waals surface area contributed by atoms with Gasteiger partial charge in [0.05, 0.1) is 34.1 Å². The van der Waals surface area contributed by atoms with Gasteiger partial charge in [0.15, 0.2) is 0 Å². The first-order valence-corrected chi connectivity index (χ1v) is 9.59. The average molecular weight is 397 g/mol. The summed E-state index contributed by atoms with van der Waals surface area (Å²) in [7, 11) is 3.91. The second-order valence-corrected chi connectivity index (χ2v) is 7.55. The number of fused-ring (bicyclic) bond motifs is 2. The average Bonchev–Trinajstić information content (AvgIpc) is 3.26. The Morgan fingerprint density at radius 1 is 0.933 bits per heavy atom. The van der Waals surface area contributed by atoms with Crippen molar-refractivity contribution in [3.63, 3.8) is 0 Å². The molecule has 0 bridgehead atoms. The zero-order valence-corrected chi connectivity index (χ0v) is 16.6. The molecule has 2 N–H and O–H groups in total. The van der Waals surface area contributed by atoms with Crippen LogP contribution < -0.4 is 5.32 Å². The molecule has 0 radical (unpaired) electrons. The topological polar surface area (TPSA) is 91.0 Å². The number of imide groups is 1. The molecule has 0 atom stereocenters. The van der Waals surface area contributed by atoms with Crippen LogP contribution in [0, 0.1) is 0 Å². The first kappa shape index (κ1) is 18.2. The molecule has 3 heterocycles. The maximum absolute atomic E-state index is 12.9. The van der Waals surface area contributed by atoms with Crippen LogP contribution in [0.5, 0.6) is 0 Å². The van der Waals surface area contributed by atoms with Gasteiger partial charge in [-0.25, -0.2) is 4.98 Å². The summed E-state index contributed by atoms with van der Waals surface area (Å²) in [5.74, 6) is -0.832. The van der Waals surface area contributed by atoms with Crippen LogP contribution in [-0.2, 0) is 16.1 Å². The molecule has 1 aliphatic rings. The van der Waals surface area contributed by atoms with Gasteiger partial charge in [0, 0.05) is 34.8 Å². The second kappa shape index (κ2) is 6.89. The molecule has 148 valence electrons. The van der Waals surface area contributed by atoms with E-state index in [4.69, 9.17) is 4.98 Å². The molecule has 0 unspecified atom stereocenters. The molecule has 7 nitrogen and oxygen atoms in total. The summed E-state index contributed by atoms with van der Waals surface area (Å²) < 4.78 is 0. The van der Waals surface area contributed by atoms with Crippen molar-refractivity contribution in [1.82, 2.24) is 25.2 Å². The van der Waals surface area contributed by atoms with Crippen molar-refractivity contribution in [2.24, 2.45) is 0 Å². The van der Waals surface area contributed by atoms with Crippen LogP contribution in [0.25, 0.3) is 33.1 Å². The van der Waals surface area contributed by atoms with Crippen LogP contribution in [0.3, 0.4) is 0 Å². The van der Waals surface area contributed by atoms with E-state index >= 15 is 0 Å². The number of benzene rings is 2. The van der Waals surface area contributed by atoms with Crippen molar-refractivity contribution in [3.05, 3.63) is 71.7 Å². The highest BCUT2D eigenvalue weighted by Crippen LogP contribution is 2.36. The van der Waals surface area contributed by atoms with Crippen LogP contribution >= 0.6 is 0 Å². The van der Waals surface area contributed by atoms with E-state index in [1.165, 1.54) is 0 Å². The summed E-state index contributed by atoms with van der Waals surface area (Å²) >= 11 is 0. The highest BCUT2D eigenvalue weighted by molar-refractivity contribution is 6.50. The number of hydrogen-bond donors (Lipinski definition) is 2. The van der Waals surface area contributed by atoms with Gasteiger partial charge in [-0.05, 0) is 26.2 Å². The molecule has 7 heteroatoms. The Morgan fingerprint density at radius 2 is 1.70 bits per heavy atom. The Kier molecular flexibility index (Phi) is 4.18. The van der Waals surface area contributed by atoms with E-state index in [9.17, 15) is 9.59 Å². The normalized spacial score (nSPS) is 14.4. The summed E-state index contributed by atoms with van der Waals surface area (Å²) in [5.41, 5.74) is 4.94. The summed E-state index contributed by atoms with van der Waals surface area (Å²) in [4.78, 5) is 40.1. The smallest absolute Gasteiger partial charge is 0.259 e. The Hall–Kier alpha value is -3.84. The number of hydrogen-bond acceptors (Lipinski definition) is 5. The molecule has 0 spiro atoms. The standard InChI is InChI=1S/C23H19N5O2/c1-28(2)12-13-10-24-18-9-5-7-15(21(18)26-13)19-20(23(30)27-22(19)29)16-11-25-17-8-4-3-6-14(16)17/h3-11,25H,12H2,1-2H3,(H,27,29,30). The van der Waals surface area contributed by atoms with Crippen molar-refractivity contribution >= 4 is 44.9 Å². The van der Waals surface area contributed by atoms with Gasteiger partial charge < -0.3 is 9.88 Å². The molecule has 0 saturated carbocycles. The van der Waals surface area contributed by atoms with Gasteiger partial charge in [-0.3, -0.25) is 19.9 Å².